The van der Waals surface area contributed by atoms with Crippen molar-refractivity contribution in [1.82, 2.24) is 0 Å². The number of aliphatic hydroxyl groups excluding tert-OH is 1. The van der Waals surface area contributed by atoms with Crippen LogP contribution in [0.1, 0.15) is 50.2 Å². The summed E-state index contributed by atoms with van der Waals surface area (Å²) < 4.78 is 10.6. The molecule has 1 saturated carbocycles. The lowest BCUT2D eigenvalue weighted by atomic mass is 9.96. The second-order valence-electron chi connectivity index (χ2n) is 5.36. The Hall–Kier alpha value is -1.22. The minimum atomic E-state index is -0.375. The lowest BCUT2D eigenvalue weighted by Gasteiger charge is -2.14. The van der Waals surface area contributed by atoms with E-state index < -0.39 is 0 Å². The highest BCUT2D eigenvalue weighted by Crippen LogP contribution is 2.36. The zero-order chi connectivity index (χ0) is 12.4. The third kappa shape index (κ3) is 2.46. The fourth-order valence-corrected chi connectivity index (χ4v) is 2.98. The maximum atomic E-state index is 10.2. The van der Waals surface area contributed by atoms with E-state index in [-0.39, 0.29) is 12.9 Å². The molecule has 98 valence electrons. The fourth-order valence-electron chi connectivity index (χ4n) is 2.98. The first kappa shape index (κ1) is 11.8. The van der Waals surface area contributed by atoms with Gasteiger partial charge < -0.3 is 14.6 Å². The summed E-state index contributed by atoms with van der Waals surface area (Å²) in [6.07, 6.45) is 7.03. The van der Waals surface area contributed by atoms with Crippen LogP contribution in [0.2, 0.25) is 0 Å². The van der Waals surface area contributed by atoms with Gasteiger partial charge in [0.2, 0.25) is 6.79 Å². The number of benzene rings is 1. The van der Waals surface area contributed by atoms with Crippen LogP contribution in [0.5, 0.6) is 11.5 Å². The van der Waals surface area contributed by atoms with E-state index in [4.69, 9.17) is 9.47 Å². The number of hydrogen-bond acceptors (Lipinski definition) is 3. The Morgan fingerprint density at radius 2 is 1.94 bits per heavy atom. The van der Waals surface area contributed by atoms with Crippen molar-refractivity contribution in [2.75, 3.05) is 6.79 Å². The topological polar surface area (TPSA) is 38.7 Å². The molecule has 18 heavy (non-hydrogen) atoms. The van der Waals surface area contributed by atoms with Crippen LogP contribution in [0, 0.1) is 5.92 Å². The molecule has 1 aromatic carbocycles. The molecule has 3 nitrogen and oxygen atoms in total. The van der Waals surface area contributed by atoms with E-state index in [1.165, 1.54) is 25.7 Å². The molecular weight excluding hydrogens is 228 g/mol. The van der Waals surface area contributed by atoms with Crippen LogP contribution in [0.15, 0.2) is 18.2 Å². The zero-order valence-corrected chi connectivity index (χ0v) is 10.6. The van der Waals surface area contributed by atoms with Crippen LogP contribution in [-0.4, -0.2) is 11.9 Å². The van der Waals surface area contributed by atoms with Crippen LogP contribution < -0.4 is 9.47 Å². The number of ether oxygens (including phenoxy) is 2. The molecule has 0 amide bonds. The van der Waals surface area contributed by atoms with Gasteiger partial charge in [-0.2, -0.15) is 0 Å². The Bertz CT molecular complexity index is 410. The number of fused-ring (bicyclic) bond motifs is 1. The number of rotatable bonds is 4. The van der Waals surface area contributed by atoms with Gasteiger partial charge in [0, 0.05) is 0 Å². The summed E-state index contributed by atoms with van der Waals surface area (Å²) in [5, 5.41) is 10.2. The van der Waals surface area contributed by atoms with Gasteiger partial charge in [-0.3, -0.25) is 0 Å². The second-order valence-corrected chi connectivity index (χ2v) is 5.36. The van der Waals surface area contributed by atoms with Crippen LogP contribution >= 0.6 is 0 Å². The van der Waals surface area contributed by atoms with Gasteiger partial charge in [-0.25, -0.2) is 0 Å². The van der Waals surface area contributed by atoms with Gasteiger partial charge in [-0.1, -0.05) is 31.7 Å². The summed E-state index contributed by atoms with van der Waals surface area (Å²) in [6.45, 7) is 0.289. The van der Waals surface area contributed by atoms with Gasteiger partial charge in [0.1, 0.15) is 0 Å². The predicted molar refractivity (Wildman–Crippen MR) is 68.7 cm³/mol. The van der Waals surface area contributed by atoms with E-state index in [0.717, 1.165) is 35.8 Å². The summed E-state index contributed by atoms with van der Waals surface area (Å²) in [5.41, 5.74) is 0.942. The molecular formula is C15H20O3. The average Bonchev–Trinajstić information content (AvgIpc) is 3.05. The average molecular weight is 248 g/mol. The van der Waals surface area contributed by atoms with Crippen molar-refractivity contribution in [3.63, 3.8) is 0 Å². The van der Waals surface area contributed by atoms with Crippen LogP contribution in [0.25, 0.3) is 0 Å². The van der Waals surface area contributed by atoms with E-state index in [0.29, 0.717) is 0 Å². The molecule has 1 heterocycles. The highest BCUT2D eigenvalue weighted by Gasteiger charge is 2.19. The zero-order valence-electron chi connectivity index (χ0n) is 10.6. The molecule has 1 aliphatic carbocycles. The SMILES string of the molecule is OC(CCC1CCCC1)c1ccc2c(c1)OCO2. The molecule has 0 saturated heterocycles. The van der Waals surface area contributed by atoms with Crippen LogP contribution in [-0.2, 0) is 0 Å². The Labute approximate surface area is 108 Å². The maximum Gasteiger partial charge on any atom is 0.231 e. The fraction of sp³-hybridized carbons (Fsp3) is 0.600. The molecule has 1 unspecified atom stereocenters. The summed E-state index contributed by atoms with van der Waals surface area (Å²) >= 11 is 0. The first-order chi connectivity index (χ1) is 8.83. The third-order valence-corrected chi connectivity index (χ3v) is 4.10. The van der Waals surface area contributed by atoms with E-state index in [2.05, 4.69) is 0 Å². The molecule has 0 aromatic heterocycles. The van der Waals surface area contributed by atoms with Crippen molar-refractivity contribution in [2.24, 2.45) is 5.92 Å². The highest BCUT2D eigenvalue weighted by atomic mass is 16.7. The van der Waals surface area contributed by atoms with Crippen molar-refractivity contribution >= 4 is 0 Å². The maximum absolute atomic E-state index is 10.2. The molecule has 1 N–H and O–H groups in total. The Balaban J connectivity index is 1.59. The molecule has 1 atom stereocenters. The highest BCUT2D eigenvalue weighted by molar-refractivity contribution is 5.45. The molecule has 1 aliphatic heterocycles. The predicted octanol–water partition coefficient (Wildman–Crippen LogP) is 3.42. The number of aliphatic hydroxyl groups is 1. The van der Waals surface area contributed by atoms with Gasteiger partial charge >= 0.3 is 0 Å². The molecule has 3 heteroatoms. The molecule has 3 rings (SSSR count). The molecule has 1 fully saturated rings. The van der Waals surface area contributed by atoms with Crippen molar-refractivity contribution < 1.29 is 14.6 Å². The van der Waals surface area contributed by atoms with Crippen molar-refractivity contribution in [2.45, 2.75) is 44.6 Å². The Morgan fingerprint density at radius 3 is 2.78 bits per heavy atom. The normalized spacial score (nSPS) is 20.3. The van der Waals surface area contributed by atoms with E-state index in [1.807, 2.05) is 18.2 Å². The minimum Gasteiger partial charge on any atom is -0.454 e. The molecule has 0 spiro atoms. The minimum absolute atomic E-state index is 0.289. The summed E-state index contributed by atoms with van der Waals surface area (Å²) in [4.78, 5) is 0. The van der Waals surface area contributed by atoms with Crippen LogP contribution in [0.4, 0.5) is 0 Å². The van der Waals surface area contributed by atoms with Gasteiger partial charge in [-0.05, 0) is 36.5 Å². The van der Waals surface area contributed by atoms with Gasteiger partial charge in [0.05, 0.1) is 6.10 Å². The smallest absolute Gasteiger partial charge is 0.231 e. The van der Waals surface area contributed by atoms with E-state index in [9.17, 15) is 5.11 Å². The van der Waals surface area contributed by atoms with E-state index in [1.54, 1.807) is 0 Å². The third-order valence-electron chi connectivity index (χ3n) is 4.10. The van der Waals surface area contributed by atoms with E-state index >= 15 is 0 Å². The molecule has 0 radical (unpaired) electrons. The lowest BCUT2D eigenvalue weighted by Crippen LogP contribution is -2.01. The summed E-state index contributed by atoms with van der Waals surface area (Å²) in [6, 6.07) is 5.73. The molecule has 2 aliphatic rings. The molecule has 1 aromatic rings. The molecule has 0 bridgehead atoms. The first-order valence-corrected chi connectivity index (χ1v) is 6.90. The van der Waals surface area contributed by atoms with Crippen molar-refractivity contribution in [3.05, 3.63) is 23.8 Å². The van der Waals surface area contributed by atoms with Gasteiger partial charge in [-0.15, -0.1) is 0 Å². The van der Waals surface area contributed by atoms with Crippen LogP contribution in [0.3, 0.4) is 0 Å². The van der Waals surface area contributed by atoms with Crippen molar-refractivity contribution in [1.29, 1.82) is 0 Å². The Kier molecular flexibility index (Phi) is 3.41. The number of hydrogen-bond donors (Lipinski definition) is 1. The van der Waals surface area contributed by atoms with Gasteiger partial charge in [0.25, 0.3) is 0 Å². The lowest BCUT2D eigenvalue weighted by molar-refractivity contribution is 0.156. The summed E-state index contributed by atoms with van der Waals surface area (Å²) in [7, 11) is 0. The monoisotopic (exact) mass is 248 g/mol. The van der Waals surface area contributed by atoms with Gasteiger partial charge in [0.15, 0.2) is 11.5 Å². The van der Waals surface area contributed by atoms with Crippen molar-refractivity contribution in [3.8, 4) is 11.5 Å². The Morgan fingerprint density at radius 1 is 1.17 bits per heavy atom. The summed E-state index contributed by atoms with van der Waals surface area (Å²) in [5.74, 6) is 2.36. The second kappa shape index (κ2) is 5.19. The quantitative estimate of drug-likeness (QED) is 0.887. The first-order valence-electron chi connectivity index (χ1n) is 6.90. The standard InChI is InChI=1S/C15H20O3/c16-13(7-5-11-3-1-2-4-11)12-6-8-14-15(9-12)18-10-17-14/h6,8-9,11,13,16H,1-5,7,10H2. The largest absolute Gasteiger partial charge is 0.454 e.